The maximum atomic E-state index is 13.6. The van der Waals surface area contributed by atoms with E-state index in [2.05, 4.69) is 20.4 Å². The van der Waals surface area contributed by atoms with Crippen LogP contribution in [0.4, 0.5) is 4.39 Å². The number of esters is 1. The smallest absolute Gasteiger partial charge is 0.305 e. The predicted molar refractivity (Wildman–Crippen MR) is 105 cm³/mol. The van der Waals surface area contributed by atoms with Crippen molar-refractivity contribution in [3.05, 3.63) is 35.6 Å². The number of rotatable bonds is 9. The third-order valence-electron chi connectivity index (χ3n) is 3.29. The molecule has 24 heavy (non-hydrogen) atoms. The van der Waals surface area contributed by atoms with Crippen LogP contribution in [0.1, 0.15) is 38.2 Å². The highest BCUT2D eigenvalue weighted by molar-refractivity contribution is 14.0. The molecule has 0 aliphatic heterocycles. The quantitative estimate of drug-likeness (QED) is 0.199. The molecule has 5 nitrogen and oxygen atoms in total. The monoisotopic (exact) mass is 451 g/mol. The predicted octanol–water partition coefficient (Wildman–Crippen LogP) is 3.23. The van der Waals surface area contributed by atoms with Gasteiger partial charge in [0.05, 0.1) is 13.7 Å². The summed E-state index contributed by atoms with van der Waals surface area (Å²) in [5.74, 6) is 0.261. The molecule has 0 aliphatic carbocycles. The molecule has 0 unspecified atom stereocenters. The summed E-state index contributed by atoms with van der Waals surface area (Å²) in [5.41, 5.74) is 0.572. The van der Waals surface area contributed by atoms with Gasteiger partial charge in [-0.25, -0.2) is 9.38 Å². The van der Waals surface area contributed by atoms with Crippen LogP contribution in [0.3, 0.4) is 0 Å². The Kier molecular flexibility index (Phi) is 13.2. The Labute approximate surface area is 160 Å². The molecule has 2 N–H and O–H groups in total. The van der Waals surface area contributed by atoms with E-state index in [0.717, 1.165) is 32.4 Å². The molecule has 1 rings (SSSR count). The zero-order valence-electron chi connectivity index (χ0n) is 14.3. The molecule has 0 radical (unpaired) electrons. The standard InChI is InChI=1S/C17H26FN3O2.HI/c1-3-19-17(20-12-8-4-5-11-16(22)23-2)21-13-14-9-6-7-10-15(14)18;/h6-7,9-10H,3-5,8,11-13H2,1-2H3,(H2,19,20,21);1H. The first-order valence-electron chi connectivity index (χ1n) is 7.99. The molecule has 0 saturated heterocycles. The minimum Gasteiger partial charge on any atom is -0.469 e. The normalized spacial score (nSPS) is 10.7. The van der Waals surface area contributed by atoms with Crippen molar-refractivity contribution in [2.45, 2.75) is 39.2 Å². The SMILES string of the molecule is CCNC(=NCc1ccccc1F)NCCCCCC(=O)OC.I. The first-order chi connectivity index (χ1) is 11.2. The minimum atomic E-state index is -0.241. The van der Waals surface area contributed by atoms with Gasteiger partial charge in [-0.05, 0) is 25.8 Å². The largest absolute Gasteiger partial charge is 0.469 e. The highest BCUT2D eigenvalue weighted by atomic mass is 127. The van der Waals surface area contributed by atoms with Crippen molar-refractivity contribution in [3.63, 3.8) is 0 Å². The van der Waals surface area contributed by atoms with E-state index in [1.807, 2.05) is 6.92 Å². The summed E-state index contributed by atoms with van der Waals surface area (Å²) in [4.78, 5) is 15.4. The number of guanidine groups is 1. The van der Waals surface area contributed by atoms with E-state index in [-0.39, 0.29) is 35.8 Å². The molecule has 0 atom stereocenters. The van der Waals surface area contributed by atoms with Crippen molar-refractivity contribution < 1.29 is 13.9 Å². The Hall–Kier alpha value is -1.38. The van der Waals surface area contributed by atoms with Gasteiger partial charge in [0.1, 0.15) is 5.82 Å². The second kappa shape index (κ2) is 14.0. The third-order valence-corrected chi connectivity index (χ3v) is 3.29. The van der Waals surface area contributed by atoms with Crippen LogP contribution < -0.4 is 10.6 Å². The summed E-state index contributed by atoms with van der Waals surface area (Å²) in [6.45, 7) is 3.77. The van der Waals surface area contributed by atoms with Crippen LogP contribution in [0.25, 0.3) is 0 Å². The van der Waals surface area contributed by atoms with E-state index >= 15 is 0 Å². The van der Waals surface area contributed by atoms with Crippen LogP contribution in [-0.2, 0) is 16.1 Å². The fourth-order valence-corrected chi connectivity index (χ4v) is 2.01. The minimum absolute atomic E-state index is 0. The summed E-state index contributed by atoms with van der Waals surface area (Å²) >= 11 is 0. The lowest BCUT2D eigenvalue weighted by molar-refractivity contribution is -0.140. The molecule has 136 valence electrons. The Morgan fingerprint density at radius 2 is 1.96 bits per heavy atom. The zero-order valence-corrected chi connectivity index (χ0v) is 16.6. The van der Waals surface area contributed by atoms with Gasteiger partial charge in [0.2, 0.25) is 0 Å². The molecule has 0 spiro atoms. The van der Waals surface area contributed by atoms with Crippen molar-refractivity contribution in [2.75, 3.05) is 20.2 Å². The number of methoxy groups -OCH3 is 1. The number of nitrogens with zero attached hydrogens (tertiary/aromatic N) is 1. The van der Waals surface area contributed by atoms with E-state index in [9.17, 15) is 9.18 Å². The third kappa shape index (κ3) is 9.69. The van der Waals surface area contributed by atoms with Gasteiger partial charge < -0.3 is 15.4 Å². The number of halogens is 2. The molecular formula is C17H27FIN3O2. The molecule has 0 heterocycles. The van der Waals surface area contributed by atoms with Crippen LogP contribution in [0.2, 0.25) is 0 Å². The van der Waals surface area contributed by atoms with E-state index in [4.69, 9.17) is 0 Å². The lowest BCUT2D eigenvalue weighted by atomic mass is 10.2. The average molecular weight is 451 g/mol. The van der Waals surface area contributed by atoms with Gasteiger partial charge in [0.15, 0.2) is 5.96 Å². The van der Waals surface area contributed by atoms with Gasteiger partial charge in [-0.1, -0.05) is 24.6 Å². The summed E-state index contributed by atoms with van der Waals surface area (Å²) in [7, 11) is 1.40. The maximum Gasteiger partial charge on any atom is 0.305 e. The van der Waals surface area contributed by atoms with Gasteiger partial charge in [-0.15, -0.1) is 24.0 Å². The molecule has 7 heteroatoms. The van der Waals surface area contributed by atoms with E-state index in [1.54, 1.807) is 18.2 Å². The number of benzene rings is 1. The van der Waals surface area contributed by atoms with Crippen molar-refractivity contribution in [3.8, 4) is 0 Å². The summed E-state index contributed by atoms with van der Waals surface area (Å²) in [6, 6.07) is 6.64. The van der Waals surface area contributed by atoms with Crippen molar-refractivity contribution in [2.24, 2.45) is 4.99 Å². The Bertz CT molecular complexity index is 512. The van der Waals surface area contributed by atoms with Crippen molar-refractivity contribution >= 4 is 35.9 Å². The lowest BCUT2D eigenvalue weighted by Gasteiger charge is -2.11. The van der Waals surface area contributed by atoms with E-state index < -0.39 is 0 Å². The molecule has 1 aromatic rings. The van der Waals surface area contributed by atoms with Crippen LogP contribution in [0.15, 0.2) is 29.3 Å². The van der Waals surface area contributed by atoms with E-state index in [1.165, 1.54) is 13.2 Å². The molecule has 0 aromatic heterocycles. The lowest BCUT2D eigenvalue weighted by Crippen LogP contribution is -2.37. The second-order valence-corrected chi connectivity index (χ2v) is 5.10. The van der Waals surface area contributed by atoms with Gasteiger partial charge in [0.25, 0.3) is 0 Å². The molecule has 0 saturated carbocycles. The molecule has 0 fully saturated rings. The summed E-state index contributed by atoms with van der Waals surface area (Å²) in [6.07, 6.45) is 3.14. The highest BCUT2D eigenvalue weighted by Crippen LogP contribution is 2.07. The van der Waals surface area contributed by atoms with Gasteiger partial charge >= 0.3 is 5.97 Å². The average Bonchev–Trinajstić information content (AvgIpc) is 2.56. The van der Waals surface area contributed by atoms with Crippen LogP contribution in [0, 0.1) is 5.82 Å². The van der Waals surface area contributed by atoms with Gasteiger partial charge in [-0.3, -0.25) is 4.79 Å². The molecular weight excluding hydrogens is 424 g/mol. The Balaban J connectivity index is 0.00000529. The van der Waals surface area contributed by atoms with Gasteiger partial charge in [0, 0.05) is 25.1 Å². The Morgan fingerprint density at radius 3 is 2.62 bits per heavy atom. The van der Waals surface area contributed by atoms with E-state index in [0.29, 0.717) is 24.5 Å². The molecule has 0 amide bonds. The van der Waals surface area contributed by atoms with Crippen molar-refractivity contribution in [1.82, 2.24) is 10.6 Å². The second-order valence-electron chi connectivity index (χ2n) is 5.10. The molecule has 0 bridgehead atoms. The van der Waals surface area contributed by atoms with Crippen LogP contribution >= 0.6 is 24.0 Å². The fraction of sp³-hybridized carbons (Fsp3) is 0.529. The number of hydrogen-bond acceptors (Lipinski definition) is 3. The number of carbonyl (C=O) groups is 1. The number of aliphatic imine (C=N–C) groups is 1. The number of nitrogens with one attached hydrogen (secondary N) is 2. The topological polar surface area (TPSA) is 62.7 Å². The first-order valence-corrected chi connectivity index (χ1v) is 7.99. The summed E-state index contributed by atoms with van der Waals surface area (Å²) < 4.78 is 18.2. The van der Waals surface area contributed by atoms with Crippen LogP contribution in [0.5, 0.6) is 0 Å². The summed E-state index contributed by atoms with van der Waals surface area (Å²) in [5, 5.41) is 6.35. The van der Waals surface area contributed by atoms with Crippen molar-refractivity contribution in [1.29, 1.82) is 0 Å². The van der Waals surface area contributed by atoms with Crippen LogP contribution in [-0.4, -0.2) is 32.1 Å². The van der Waals surface area contributed by atoms with Gasteiger partial charge in [-0.2, -0.15) is 0 Å². The number of hydrogen-bond donors (Lipinski definition) is 2. The number of ether oxygens (including phenoxy) is 1. The Morgan fingerprint density at radius 1 is 1.21 bits per heavy atom. The first kappa shape index (κ1) is 22.6. The highest BCUT2D eigenvalue weighted by Gasteiger charge is 2.02. The fourth-order valence-electron chi connectivity index (χ4n) is 2.01. The zero-order chi connectivity index (χ0) is 16.9. The molecule has 0 aliphatic rings. The molecule has 1 aromatic carbocycles. The maximum absolute atomic E-state index is 13.6. The number of carbonyl (C=O) groups excluding carboxylic acids is 1. The number of unbranched alkanes of at least 4 members (excludes halogenated alkanes) is 2.